The topological polar surface area (TPSA) is 29.5 Å². The number of aliphatic hydroxyl groups is 1. The van der Waals surface area contributed by atoms with E-state index in [4.69, 9.17) is 4.74 Å². The molecule has 3 fully saturated rings. The molecule has 0 aromatic heterocycles. The number of ether oxygens (including phenoxy) is 1. The second-order valence-corrected chi connectivity index (χ2v) is 12.9. The molecule has 5 unspecified atom stereocenters. The van der Waals surface area contributed by atoms with Crippen LogP contribution in [0.1, 0.15) is 112 Å². The number of hydrogen-bond acceptors (Lipinski definition) is 2. The maximum atomic E-state index is 9.69. The fraction of sp³-hybridized carbons (Fsp3) is 0.931. The Labute approximate surface area is 192 Å². The molecule has 0 spiro atoms. The van der Waals surface area contributed by atoms with Gasteiger partial charge in [0.15, 0.2) is 6.29 Å². The molecule has 4 rings (SSSR count). The highest BCUT2D eigenvalue weighted by molar-refractivity contribution is 5.25. The van der Waals surface area contributed by atoms with Crippen molar-refractivity contribution in [2.24, 2.45) is 46.3 Å². The minimum Gasteiger partial charge on any atom is -0.368 e. The van der Waals surface area contributed by atoms with E-state index in [-0.39, 0.29) is 6.10 Å². The third-order valence-corrected chi connectivity index (χ3v) is 10.6. The summed E-state index contributed by atoms with van der Waals surface area (Å²) in [4.78, 5) is 0. The van der Waals surface area contributed by atoms with Crippen molar-refractivity contribution < 1.29 is 9.84 Å². The summed E-state index contributed by atoms with van der Waals surface area (Å²) in [5.74, 6) is 5.38. The molecule has 0 aromatic rings. The van der Waals surface area contributed by atoms with Crippen LogP contribution in [-0.2, 0) is 4.74 Å². The van der Waals surface area contributed by atoms with Crippen molar-refractivity contribution in [3.63, 3.8) is 0 Å². The Bertz CT molecular complexity index is 651. The highest BCUT2D eigenvalue weighted by Gasteiger charge is 2.59. The monoisotopic (exact) mass is 430 g/mol. The predicted molar refractivity (Wildman–Crippen MR) is 130 cm³/mol. The van der Waals surface area contributed by atoms with Crippen molar-refractivity contribution in [3.05, 3.63) is 11.6 Å². The summed E-state index contributed by atoms with van der Waals surface area (Å²) in [5, 5.41) is 9.69. The van der Waals surface area contributed by atoms with Gasteiger partial charge in [-0.3, -0.25) is 0 Å². The molecular formula is C29H50O2. The van der Waals surface area contributed by atoms with Gasteiger partial charge < -0.3 is 9.84 Å². The van der Waals surface area contributed by atoms with Crippen LogP contribution >= 0.6 is 0 Å². The number of allylic oxidation sites excluding steroid dienone is 1. The fourth-order valence-corrected chi connectivity index (χ4v) is 9.05. The molecule has 178 valence electrons. The summed E-state index contributed by atoms with van der Waals surface area (Å²) >= 11 is 0. The molecule has 0 amide bonds. The highest BCUT2D eigenvalue weighted by atomic mass is 16.6. The van der Waals surface area contributed by atoms with E-state index in [9.17, 15) is 5.11 Å². The minimum absolute atomic E-state index is 0.215. The molecule has 0 aromatic carbocycles. The molecule has 1 N–H and O–H groups in total. The van der Waals surface area contributed by atoms with Gasteiger partial charge in [0, 0.05) is 0 Å². The van der Waals surface area contributed by atoms with Gasteiger partial charge in [-0.2, -0.15) is 0 Å². The lowest BCUT2D eigenvalue weighted by atomic mass is 9.47. The van der Waals surface area contributed by atoms with Crippen LogP contribution in [0.15, 0.2) is 11.6 Å². The van der Waals surface area contributed by atoms with Crippen molar-refractivity contribution in [3.8, 4) is 0 Å². The van der Waals surface area contributed by atoms with Gasteiger partial charge in [-0.25, -0.2) is 0 Å². The molecule has 0 radical (unpaired) electrons. The van der Waals surface area contributed by atoms with Crippen molar-refractivity contribution in [2.75, 3.05) is 0 Å². The van der Waals surface area contributed by atoms with Gasteiger partial charge in [-0.1, -0.05) is 65.5 Å². The smallest absolute Gasteiger partial charge is 0.152 e. The van der Waals surface area contributed by atoms with Gasteiger partial charge in [0.1, 0.15) is 0 Å². The third-order valence-electron chi connectivity index (χ3n) is 10.6. The first-order valence-corrected chi connectivity index (χ1v) is 13.7. The SMILES string of the molecule is CC(C)CCC[C@@H](C)[C@H]1CCC2C3CC=C4CC(OC(C)O)CC[C@]4(C)C3CC[C@@]21C. The quantitative estimate of drug-likeness (QED) is 0.330. The normalized spacial score (nSPS) is 44.3. The molecule has 2 heteroatoms. The van der Waals surface area contributed by atoms with Gasteiger partial charge in [0.2, 0.25) is 0 Å². The molecule has 2 nitrogen and oxygen atoms in total. The predicted octanol–water partition coefficient (Wildman–Crippen LogP) is 7.75. The summed E-state index contributed by atoms with van der Waals surface area (Å²) in [5.41, 5.74) is 2.61. The fourth-order valence-electron chi connectivity index (χ4n) is 9.05. The van der Waals surface area contributed by atoms with Gasteiger partial charge in [-0.15, -0.1) is 0 Å². The van der Waals surface area contributed by atoms with Crippen molar-refractivity contribution in [2.45, 2.75) is 125 Å². The maximum Gasteiger partial charge on any atom is 0.152 e. The average molecular weight is 431 g/mol. The van der Waals surface area contributed by atoms with E-state index >= 15 is 0 Å². The molecule has 31 heavy (non-hydrogen) atoms. The zero-order valence-electron chi connectivity index (χ0n) is 21.3. The second kappa shape index (κ2) is 9.13. The van der Waals surface area contributed by atoms with E-state index in [1.165, 1.54) is 57.8 Å². The lowest BCUT2D eigenvalue weighted by Gasteiger charge is -2.58. The Morgan fingerprint density at radius 3 is 2.48 bits per heavy atom. The van der Waals surface area contributed by atoms with Gasteiger partial charge in [0.05, 0.1) is 6.10 Å². The first-order valence-electron chi connectivity index (χ1n) is 13.7. The molecule has 3 saturated carbocycles. The highest BCUT2D eigenvalue weighted by Crippen LogP contribution is 2.67. The first-order chi connectivity index (χ1) is 14.6. The van der Waals surface area contributed by atoms with Crippen LogP contribution in [0.5, 0.6) is 0 Å². The van der Waals surface area contributed by atoms with E-state index in [1.807, 2.05) is 0 Å². The Morgan fingerprint density at radius 1 is 1.00 bits per heavy atom. The van der Waals surface area contributed by atoms with Gasteiger partial charge in [0.25, 0.3) is 0 Å². The number of rotatable bonds is 7. The van der Waals surface area contributed by atoms with E-state index < -0.39 is 6.29 Å². The summed E-state index contributed by atoms with van der Waals surface area (Å²) in [6.45, 7) is 14.3. The Hall–Kier alpha value is -0.340. The molecule has 0 aliphatic heterocycles. The Balaban J connectivity index is 1.46. The standard InChI is InChI=1S/C29H50O2/c1-19(2)8-7-9-20(3)25-12-13-26-24-11-10-22-18-23(31-21(4)30)14-16-28(22,5)27(24)15-17-29(25,26)6/h10,19-21,23-27,30H,7-9,11-18H2,1-6H3/t20-,21?,23?,24?,25-,26?,27?,28+,29-/m1/s1. The largest absolute Gasteiger partial charge is 0.368 e. The maximum absolute atomic E-state index is 9.69. The summed E-state index contributed by atoms with van der Waals surface area (Å²) < 4.78 is 5.81. The second-order valence-electron chi connectivity index (χ2n) is 12.9. The van der Waals surface area contributed by atoms with E-state index in [2.05, 4.69) is 40.7 Å². The summed E-state index contributed by atoms with van der Waals surface area (Å²) in [7, 11) is 0. The molecule has 0 saturated heterocycles. The van der Waals surface area contributed by atoms with Crippen LogP contribution in [0.3, 0.4) is 0 Å². The van der Waals surface area contributed by atoms with Crippen LogP contribution < -0.4 is 0 Å². The van der Waals surface area contributed by atoms with Crippen LogP contribution in [-0.4, -0.2) is 17.5 Å². The van der Waals surface area contributed by atoms with Gasteiger partial charge in [-0.05, 0) is 105 Å². The molecule has 0 bridgehead atoms. The zero-order chi connectivity index (χ0) is 22.4. The van der Waals surface area contributed by atoms with Crippen molar-refractivity contribution in [1.29, 1.82) is 0 Å². The van der Waals surface area contributed by atoms with Crippen molar-refractivity contribution in [1.82, 2.24) is 0 Å². The Morgan fingerprint density at radius 2 is 1.77 bits per heavy atom. The van der Waals surface area contributed by atoms with Crippen LogP contribution in [0.4, 0.5) is 0 Å². The summed E-state index contributed by atoms with van der Waals surface area (Å²) in [6.07, 6.45) is 17.0. The van der Waals surface area contributed by atoms with Crippen LogP contribution in [0.2, 0.25) is 0 Å². The van der Waals surface area contributed by atoms with E-state index in [0.29, 0.717) is 10.8 Å². The average Bonchev–Trinajstić information content (AvgIpc) is 3.05. The van der Waals surface area contributed by atoms with Crippen molar-refractivity contribution >= 4 is 0 Å². The Kier molecular flexibility index (Phi) is 7.01. The first kappa shape index (κ1) is 23.8. The minimum atomic E-state index is -0.639. The van der Waals surface area contributed by atoms with Gasteiger partial charge >= 0.3 is 0 Å². The number of hydrogen-bond donors (Lipinski definition) is 1. The molecule has 4 aliphatic rings. The molecule has 9 atom stereocenters. The lowest BCUT2D eigenvalue weighted by molar-refractivity contribution is -0.139. The molecular weight excluding hydrogens is 380 g/mol. The number of fused-ring (bicyclic) bond motifs is 5. The van der Waals surface area contributed by atoms with E-state index in [1.54, 1.807) is 12.5 Å². The van der Waals surface area contributed by atoms with E-state index in [0.717, 1.165) is 48.3 Å². The molecule has 0 heterocycles. The summed E-state index contributed by atoms with van der Waals surface area (Å²) in [6, 6.07) is 0. The van der Waals surface area contributed by atoms with Crippen LogP contribution in [0, 0.1) is 46.3 Å². The lowest BCUT2D eigenvalue weighted by Crippen LogP contribution is -2.51. The zero-order valence-corrected chi connectivity index (χ0v) is 21.3. The molecule has 4 aliphatic carbocycles. The third kappa shape index (κ3) is 4.42. The number of aliphatic hydroxyl groups excluding tert-OH is 1. The van der Waals surface area contributed by atoms with Crippen LogP contribution in [0.25, 0.3) is 0 Å².